The Bertz CT molecular complexity index is 523. The topological polar surface area (TPSA) is 38.8 Å². The van der Waals surface area contributed by atoms with Crippen molar-refractivity contribution in [3.63, 3.8) is 0 Å². The van der Waals surface area contributed by atoms with E-state index in [1.165, 1.54) is 0 Å². The predicted molar refractivity (Wildman–Crippen MR) is 80.4 cm³/mol. The Balaban J connectivity index is 1.63. The lowest BCUT2D eigenvalue weighted by atomic mass is 9.79. The molecular weight excluding hydrogens is 266 g/mol. The summed E-state index contributed by atoms with van der Waals surface area (Å²) in [5, 5.41) is 0. The highest BCUT2D eigenvalue weighted by atomic mass is 16.5. The van der Waals surface area contributed by atoms with Crippen LogP contribution in [0, 0.1) is 12.8 Å². The molecule has 0 aliphatic carbocycles. The number of methoxy groups -OCH3 is 1. The molecule has 21 heavy (non-hydrogen) atoms. The van der Waals surface area contributed by atoms with E-state index in [0.29, 0.717) is 19.0 Å². The van der Waals surface area contributed by atoms with Crippen LogP contribution < -0.4 is 0 Å². The van der Waals surface area contributed by atoms with Crippen LogP contribution in [0.15, 0.2) is 24.3 Å². The van der Waals surface area contributed by atoms with Crippen LogP contribution >= 0.6 is 0 Å². The van der Waals surface area contributed by atoms with Crippen molar-refractivity contribution in [1.29, 1.82) is 0 Å². The van der Waals surface area contributed by atoms with E-state index in [1.54, 1.807) is 7.11 Å². The quantitative estimate of drug-likeness (QED) is 0.853. The van der Waals surface area contributed by atoms with Crippen molar-refractivity contribution in [2.45, 2.75) is 25.4 Å². The first-order valence-electron chi connectivity index (χ1n) is 7.63. The number of likely N-dealkylation sites (tertiary alicyclic amines) is 1. The maximum atomic E-state index is 12.5. The molecule has 1 atom stereocenters. The van der Waals surface area contributed by atoms with Crippen molar-refractivity contribution < 1.29 is 14.3 Å². The molecule has 1 aromatic rings. The minimum absolute atomic E-state index is 0.113. The molecule has 4 heteroatoms. The summed E-state index contributed by atoms with van der Waals surface area (Å²) in [7, 11) is 1.73. The monoisotopic (exact) mass is 289 g/mol. The zero-order valence-corrected chi connectivity index (χ0v) is 12.8. The Morgan fingerprint density at radius 1 is 1.48 bits per heavy atom. The highest BCUT2D eigenvalue weighted by Crippen LogP contribution is 2.42. The standard InChI is InChI=1S/C17H23NO3/c1-13-4-3-5-14(10-13)16(19)18-11-17(12-18)15(6-8-20-2)7-9-21-17/h3-5,10,15H,6-9,11-12H2,1-2H3. The molecule has 1 spiro atoms. The Morgan fingerprint density at radius 2 is 2.29 bits per heavy atom. The van der Waals surface area contributed by atoms with E-state index in [-0.39, 0.29) is 11.5 Å². The lowest BCUT2D eigenvalue weighted by Crippen LogP contribution is -2.66. The summed E-state index contributed by atoms with van der Waals surface area (Å²) >= 11 is 0. The van der Waals surface area contributed by atoms with Crippen LogP contribution in [0.1, 0.15) is 28.8 Å². The molecule has 0 radical (unpaired) electrons. The summed E-state index contributed by atoms with van der Waals surface area (Å²) in [5.74, 6) is 0.629. The molecule has 2 saturated heterocycles. The first-order chi connectivity index (χ1) is 10.1. The second-order valence-corrected chi connectivity index (χ2v) is 6.21. The molecule has 1 amide bonds. The molecule has 2 heterocycles. The molecule has 0 saturated carbocycles. The van der Waals surface area contributed by atoms with Crippen LogP contribution in [0.25, 0.3) is 0 Å². The predicted octanol–water partition coefficient (Wildman–Crippen LogP) is 2.26. The summed E-state index contributed by atoms with van der Waals surface area (Å²) in [6.45, 7) is 5.01. The summed E-state index contributed by atoms with van der Waals surface area (Å²) in [5.41, 5.74) is 1.78. The highest BCUT2D eigenvalue weighted by molar-refractivity contribution is 5.95. The molecule has 2 aliphatic heterocycles. The van der Waals surface area contributed by atoms with E-state index in [0.717, 1.165) is 37.2 Å². The highest BCUT2D eigenvalue weighted by Gasteiger charge is 2.54. The summed E-state index contributed by atoms with van der Waals surface area (Å²) in [4.78, 5) is 14.4. The van der Waals surface area contributed by atoms with Crippen LogP contribution in [-0.4, -0.2) is 49.8 Å². The molecule has 4 nitrogen and oxygen atoms in total. The van der Waals surface area contributed by atoms with Crippen LogP contribution in [0.4, 0.5) is 0 Å². The fourth-order valence-corrected chi connectivity index (χ4v) is 3.51. The van der Waals surface area contributed by atoms with Gasteiger partial charge in [0.1, 0.15) is 5.60 Å². The third-order valence-corrected chi connectivity index (χ3v) is 4.74. The third-order valence-electron chi connectivity index (χ3n) is 4.74. The molecule has 114 valence electrons. The summed E-state index contributed by atoms with van der Waals surface area (Å²) < 4.78 is 11.2. The van der Waals surface area contributed by atoms with Gasteiger partial charge in [0, 0.05) is 25.9 Å². The molecule has 2 fully saturated rings. The van der Waals surface area contributed by atoms with Gasteiger partial charge in [-0.15, -0.1) is 0 Å². The van der Waals surface area contributed by atoms with E-state index < -0.39 is 0 Å². The Hall–Kier alpha value is -1.39. The van der Waals surface area contributed by atoms with Crippen molar-refractivity contribution in [3.8, 4) is 0 Å². The molecule has 1 unspecified atom stereocenters. The second kappa shape index (κ2) is 5.78. The molecule has 0 aromatic heterocycles. The molecule has 1 aromatic carbocycles. The number of aryl methyl sites for hydroxylation is 1. The Morgan fingerprint density at radius 3 is 3.00 bits per heavy atom. The SMILES string of the molecule is COCCC1CCOC12CN(C(=O)c1cccc(C)c1)C2. The zero-order chi connectivity index (χ0) is 14.9. The molecule has 0 bridgehead atoms. The molecule has 2 aliphatic rings. The van der Waals surface area contributed by atoms with Crippen LogP contribution in [0.5, 0.6) is 0 Å². The second-order valence-electron chi connectivity index (χ2n) is 6.21. The molecule has 0 N–H and O–H groups in total. The van der Waals surface area contributed by atoms with Crippen molar-refractivity contribution in [2.75, 3.05) is 33.4 Å². The third kappa shape index (κ3) is 2.70. The zero-order valence-electron chi connectivity index (χ0n) is 12.8. The number of hydrogen-bond acceptors (Lipinski definition) is 3. The van der Waals surface area contributed by atoms with Gasteiger partial charge in [-0.3, -0.25) is 4.79 Å². The normalized spacial score (nSPS) is 23.3. The lowest BCUT2D eigenvalue weighted by molar-refractivity contribution is -0.120. The van der Waals surface area contributed by atoms with Crippen LogP contribution in [0.2, 0.25) is 0 Å². The van der Waals surface area contributed by atoms with Gasteiger partial charge in [0.15, 0.2) is 0 Å². The van der Waals surface area contributed by atoms with E-state index in [2.05, 4.69) is 0 Å². The number of carbonyl (C=O) groups is 1. The lowest BCUT2D eigenvalue weighted by Gasteiger charge is -2.50. The fraction of sp³-hybridized carbons (Fsp3) is 0.588. The number of benzene rings is 1. The maximum Gasteiger partial charge on any atom is 0.254 e. The van der Waals surface area contributed by atoms with Crippen molar-refractivity contribution >= 4 is 5.91 Å². The fourth-order valence-electron chi connectivity index (χ4n) is 3.51. The minimum Gasteiger partial charge on any atom is -0.385 e. The van der Waals surface area contributed by atoms with E-state index in [4.69, 9.17) is 9.47 Å². The number of rotatable bonds is 4. The van der Waals surface area contributed by atoms with Gasteiger partial charge in [0.2, 0.25) is 0 Å². The van der Waals surface area contributed by atoms with E-state index in [9.17, 15) is 4.79 Å². The summed E-state index contributed by atoms with van der Waals surface area (Å²) in [6, 6.07) is 7.78. The summed E-state index contributed by atoms with van der Waals surface area (Å²) in [6.07, 6.45) is 2.10. The van der Waals surface area contributed by atoms with Gasteiger partial charge < -0.3 is 14.4 Å². The van der Waals surface area contributed by atoms with Crippen LogP contribution in [0.3, 0.4) is 0 Å². The maximum absolute atomic E-state index is 12.5. The van der Waals surface area contributed by atoms with Gasteiger partial charge >= 0.3 is 0 Å². The van der Waals surface area contributed by atoms with E-state index in [1.807, 2.05) is 36.1 Å². The van der Waals surface area contributed by atoms with Gasteiger partial charge in [-0.05, 0) is 37.8 Å². The van der Waals surface area contributed by atoms with Gasteiger partial charge in [-0.1, -0.05) is 17.7 Å². The Kier molecular flexibility index (Phi) is 4.00. The average molecular weight is 289 g/mol. The number of nitrogens with zero attached hydrogens (tertiary/aromatic N) is 1. The Labute approximate surface area is 126 Å². The van der Waals surface area contributed by atoms with E-state index >= 15 is 0 Å². The first kappa shape index (κ1) is 14.5. The largest absolute Gasteiger partial charge is 0.385 e. The van der Waals surface area contributed by atoms with Gasteiger partial charge in [0.25, 0.3) is 5.91 Å². The minimum atomic E-state index is -0.113. The molecular formula is C17H23NO3. The number of amides is 1. The first-order valence-corrected chi connectivity index (χ1v) is 7.63. The number of carbonyl (C=O) groups excluding carboxylic acids is 1. The van der Waals surface area contributed by atoms with Crippen LogP contribution in [-0.2, 0) is 9.47 Å². The average Bonchev–Trinajstić information content (AvgIpc) is 2.86. The van der Waals surface area contributed by atoms with Gasteiger partial charge in [-0.2, -0.15) is 0 Å². The number of hydrogen-bond donors (Lipinski definition) is 0. The smallest absolute Gasteiger partial charge is 0.254 e. The molecule has 3 rings (SSSR count). The van der Waals surface area contributed by atoms with Crippen molar-refractivity contribution in [3.05, 3.63) is 35.4 Å². The van der Waals surface area contributed by atoms with Gasteiger partial charge in [0.05, 0.1) is 13.1 Å². The van der Waals surface area contributed by atoms with Crippen molar-refractivity contribution in [1.82, 2.24) is 4.90 Å². The van der Waals surface area contributed by atoms with Gasteiger partial charge in [-0.25, -0.2) is 0 Å². The number of ether oxygens (including phenoxy) is 2. The van der Waals surface area contributed by atoms with Crippen molar-refractivity contribution in [2.24, 2.45) is 5.92 Å².